The van der Waals surface area contributed by atoms with E-state index in [1.165, 1.54) is 0 Å². The van der Waals surface area contributed by atoms with Crippen molar-refractivity contribution >= 4 is 24.8 Å². The molecule has 0 fully saturated rings. The maximum atomic E-state index is 11.6. The molecule has 0 saturated heterocycles. The molecule has 3 unspecified atom stereocenters. The molecule has 0 saturated carbocycles. The molecule has 0 aliphatic heterocycles. The maximum Gasteiger partial charge on any atom is 0.247 e. The van der Waals surface area contributed by atoms with E-state index < -0.39 is 6.10 Å². The molecule has 180 valence electrons. The fourth-order valence-corrected chi connectivity index (χ4v) is 3.50. The molecule has 5 nitrogen and oxygen atoms in total. The molecular weight excluding hydrogens is 440 g/mol. The smallest absolute Gasteiger partial charge is 0.247 e. The van der Waals surface area contributed by atoms with Gasteiger partial charge in [-0.25, -0.2) is 0 Å². The van der Waals surface area contributed by atoms with Gasteiger partial charge in [0.15, 0.2) is 0 Å². The number of rotatable bonds is 15. The van der Waals surface area contributed by atoms with Crippen LogP contribution in [0.2, 0.25) is 0 Å². The number of aliphatic hydroxyl groups excluding tert-OH is 1. The zero-order valence-corrected chi connectivity index (χ0v) is 22.4. The number of nitrogens with one attached hydrogen (secondary N) is 1. The number of hydrogen-bond donors (Lipinski definition) is 2. The van der Waals surface area contributed by atoms with Gasteiger partial charge in [-0.05, 0) is 53.0 Å². The quantitative estimate of drug-likeness (QED) is 0.136. The van der Waals surface area contributed by atoms with Crippen molar-refractivity contribution in [3.8, 4) is 0 Å². The van der Waals surface area contributed by atoms with Crippen LogP contribution in [0.25, 0.3) is 0 Å². The summed E-state index contributed by atoms with van der Waals surface area (Å²) in [5.74, 6) is -0.158. The third kappa shape index (κ3) is 14.7. The minimum absolute atomic E-state index is 0.0109. The van der Waals surface area contributed by atoms with Crippen molar-refractivity contribution in [2.75, 3.05) is 0 Å². The van der Waals surface area contributed by atoms with Crippen molar-refractivity contribution < 1.29 is 18.9 Å². The first-order valence-electron chi connectivity index (χ1n) is 10.8. The van der Waals surface area contributed by atoms with Gasteiger partial charge in [0.05, 0.1) is 12.2 Å². The largest absolute Gasteiger partial charge is 0.392 e. The average molecular weight is 482 g/mol. The first kappa shape index (κ1) is 30.6. The Morgan fingerprint density at radius 3 is 2.44 bits per heavy atom. The fourth-order valence-electron chi connectivity index (χ4n) is 2.92. The molecule has 0 aromatic heterocycles. The van der Waals surface area contributed by atoms with Crippen molar-refractivity contribution in [1.29, 1.82) is 0 Å². The fraction of sp³-hybridized carbons (Fsp3) is 0.480. The van der Waals surface area contributed by atoms with Crippen molar-refractivity contribution in [1.82, 2.24) is 5.32 Å². The zero-order valence-electron chi connectivity index (χ0n) is 20.1. The molecule has 32 heavy (non-hydrogen) atoms. The summed E-state index contributed by atoms with van der Waals surface area (Å²) in [4.78, 5) is 11.6. The monoisotopic (exact) mass is 481 g/mol. The van der Waals surface area contributed by atoms with Gasteiger partial charge in [0.25, 0.3) is 0 Å². The van der Waals surface area contributed by atoms with E-state index in [2.05, 4.69) is 36.9 Å². The van der Waals surface area contributed by atoms with Crippen molar-refractivity contribution in [3.05, 3.63) is 72.0 Å². The molecule has 0 aliphatic carbocycles. The highest BCUT2D eigenvalue weighted by Gasteiger charge is 2.16. The minimum Gasteiger partial charge on any atom is -0.392 e. The maximum absolute atomic E-state index is 11.6. The van der Waals surface area contributed by atoms with Crippen molar-refractivity contribution in [2.45, 2.75) is 72.2 Å². The lowest BCUT2D eigenvalue weighted by molar-refractivity contribution is -0.115. The Balaban J connectivity index is 4.58. The molecule has 0 spiro atoms. The Bertz CT molecular complexity index is 721. The van der Waals surface area contributed by atoms with E-state index in [0.717, 1.165) is 29.6 Å². The number of carbonyl (C=O) groups is 1. The van der Waals surface area contributed by atoms with Crippen LogP contribution in [0.5, 0.6) is 0 Å². The molecule has 0 heterocycles. The van der Waals surface area contributed by atoms with Gasteiger partial charge in [-0.2, -0.15) is 0 Å². The minimum atomic E-state index is -0.481. The van der Waals surface area contributed by atoms with Crippen LogP contribution in [0, 0.1) is 5.92 Å². The topological polar surface area (TPSA) is 67.8 Å². The predicted molar refractivity (Wildman–Crippen MR) is 142 cm³/mol. The lowest BCUT2D eigenvalue weighted by Crippen LogP contribution is -2.24. The van der Waals surface area contributed by atoms with E-state index in [9.17, 15) is 9.90 Å². The van der Waals surface area contributed by atoms with Crippen LogP contribution in [0.15, 0.2) is 72.0 Å². The first-order chi connectivity index (χ1) is 15.1. The van der Waals surface area contributed by atoms with E-state index in [1.54, 1.807) is 18.4 Å². The Kier molecular flexibility index (Phi) is 17.4. The predicted octanol–water partition coefficient (Wildman–Crippen LogP) is 5.74. The third-order valence-corrected chi connectivity index (χ3v) is 5.38. The Hall–Kier alpha value is -1.35. The van der Waals surface area contributed by atoms with Gasteiger partial charge in [0.1, 0.15) is 6.10 Å². The van der Waals surface area contributed by atoms with Crippen LogP contribution in [0.1, 0.15) is 53.9 Å². The Morgan fingerprint density at radius 1 is 1.19 bits per heavy atom. The van der Waals surface area contributed by atoms with Crippen LogP contribution in [0.3, 0.4) is 0 Å². The summed E-state index contributed by atoms with van der Waals surface area (Å²) in [6.45, 7) is 13.5. The van der Waals surface area contributed by atoms with Gasteiger partial charge in [0.2, 0.25) is 5.91 Å². The van der Waals surface area contributed by atoms with Crippen LogP contribution in [-0.4, -0.2) is 29.3 Å². The summed E-state index contributed by atoms with van der Waals surface area (Å²) >= 11 is 0. The van der Waals surface area contributed by atoms with E-state index in [4.69, 9.17) is 9.05 Å². The summed E-state index contributed by atoms with van der Waals surface area (Å²) in [6, 6.07) is 0. The van der Waals surface area contributed by atoms with E-state index in [1.807, 2.05) is 58.9 Å². The zero-order chi connectivity index (χ0) is 24.5. The molecule has 0 aromatic carbocycles. The lowest BCUT2D eigenvalue weighted by Gasteiger charge is -2.20. The lowest BCUT2D eigenvalue weighted by atomic mass is 9.96. The van der Waals surface area contributed by atoms with Crippen molar-refractivity contribution in [2.24, 2.45) is 5.92 Å². The number of hydrogen-bond acceptors (Lipinski definition) is 4. The van der Waals surface area contributed by atoms with E-state index >= 15 is 0 Å². The molecule has 6 atom stereocenters. The second-order valence-electron chi connectivity index (χ2n) is 8.13. The average Bonchev–Trinajstić information content (AvgIpc) is 2.72. The van der Waals surface area contributed by atoms with Crippen LogP contribution in [0.4, 0.5) is 0 Å². The molecule has 0 aromatic rings. The molecular formula is C25H41NO4P2. The van der Waals surface area contributed by atoms with Crippen molar-refractivity contribution in [3.63, 3.8) is 0 Å². The summed E-state index contributed by atoms with van der Waals surface area (Å²) in [6.07, 6.45) is 16.4. The highest BCUT2D eigenvalue weighted by molar-refractivity contribution is 7.10. The number of allylic oxidation sites excluding steroid dienone is 6. The second-order valence-corrected chi connectivity index (χ2v) is 8.68. The molecule has 7 heteroatoms. The normalized spacial score (nSPS) is 16.6. The van der Waals surface area contributed by atoms with Crippen LogP contribution < -0.4 is 5.32 Å². The second kappa shape index (κ2) is 18.1. The first-order valence-corrected chi connectivity index (χ1v) is 11.7. The molecule has 0 bridgehead atoms. The number of amides is 1. The standard InChI is InChI=1S/C25H41NO4P2/c1-7-23(29-31)24(30-32)12-10-8-9-11-19(4)17-22(27)21(6)16-20(5)13-14-26-25(28)15-18(2)3/h7-9,11,13-16,21-24,27H,1,10,12,17,31-32H2,2-6H3,(H,26,28)/t21-,22?,23-,24-/m1/s1. The van der Waals surface area contributed by atoms with Gasteiger partial charge >= 0.3 is 0 Å². The van der Waals surface area contributed by atoms with Gasteiger partial charge in [-0.15, -0.1) is 6.58 Å². The highest BCUT2D eigenvalue weighted by Crippen LogP contribution is 2.18. The summed E-state index contributed by atoms with van der Waals surface area (Å²) in [5, 5.41) is 13.2. The molecule has 0 rings (SSSR count). The molecule has 0 aliphatic rings. The summed E-state index contributed by atoms with van der Waals surface area (Å²) in [5.41, 5.74) is 3.03. The van der Waals surface area contributed by atoms with Crippen LogP contribution >= 0.6 is 18.9 Å². The Labute approximate surface area is 199 Å². The third-order valence-electron chi connectivity index (χ3n) is 4.72. The van der Waals surface area contributed by atoms with E-state index in [-0.39, 0.29) is 24.0 Å². The van der Waals surface area contributed by atoms with E-state index in [0.29, 0.717) is 6.42 Å². The van der Waals surface area contributed by atoms with Gasteiger partial charge < -0.3 is 19.5 Å². The summed E-state index contributed by atoms with van der Waals surface area (Å²) in [7, 11) is 4.53. The number of aliphatic hydroxyl groups is 1. The van der Waals surface area contributed by atoms with Gasteiger partial charge in [-0.3, -0.25) is 4.79 Å². The SMILES string of the molecule is C=C[C@@H](OP)[C@@H](CCC=CC=C(C)CC(O)[C@H](C)C=C(C)C=CNC(=O)C=C(C)C)OP. The number of carbonyl (C=O) groups excluding carboxylic acids is 1. The van der Waals surface area contributed by atoms with Crippen LogP contribution in [-0.2, 0) is 13.8 Å². The summed E-state index contributed by atoms with van der Waals surface area (Å²) < 4.78 is 10.6. The molecule has 1 amide bonds. The molecule has 2 N–H and O–H groups in total. The van der Waals surface area contributed by atoms with Gasteiger partial charge in [0, 0.05) is 37.1 Å². The highest BCUT2D eigenvalue weighted by atomic mass is 31.0. The van der Waals surface area contributed by atoms with Gasteiger partial charge in [-0.1, -0.05) is 54.0 Å². The Morgan fingerprint density at radius 2 is 1.88 bits per heavy atom. The molecule has 0 radical (unpaired) electrons.